The predicted octanol–water partition coefficient (Wildman–Crippen LogP) is 6.92. The van der Waals surface area contributed by atoms with Crippen LogP contribution in [0.4, 0.5) is 0 Å². The maximum absolute atomic E-state index is 13.2. The zero-order valence-electron chi connectivity index (χ0n) is 22.6. The SMILES string of the molecule is CCC[C@H]1[C@@H](O)CC[C@]2(C)[C@H]3CC[C@@H]4C5=C(C(C)C)C(=O)C[C@]5(C=O)CC[C@@]4(C)[C@]3(C)CC[C@@H]12. The Morgan fingerprint density at radius 3 is 2.38 bits per heavy atom. The predicted molar refractivity (Wildman–Crippen MR) is 136 cm³/mol. The molecule has 1 N–H and O–H groups in total. The van der Waals surface area contributed by atoms with Gasteiger partial charge in [-0.15, -0.1) is 0 Å². The van der Waals surface area contributed by atoms with Crippen LogP contribution < -0.4 is 0 Å². The van der Waals surface area contributed by atoms with E-state index in [1.165, 1.54) is 31.1 Å². The topological polar surface area (TPSA) is 54.4 Å². The summed E-state index contributed by atoms with van der Waals surface area (Å²) < 4.78 is 0. The molecule has 0 saturated heterocycles. The molecule has 5 rings (SSSR count). The Balaban J connectivity index is 1.58. The standard InChI is InChI=1S/C31H48O3/c1-7-8-20-21-11-14-30(6)25(28(21,4)13-12-23(20)33)10-9-22-27-26(19(2)3)24(34)17-31(27,18-32)16-15-29(22,30)5/h18-23,25,33H,7-17H2,1-6H3/t20-,21+,22-,23+,25-,28+,29-,30-,31+/m1/s1. The van der Waals surface area contributed by atoms with E-state index in [0.29, 0.717) is 35.5 Å². The molecule has 3 nitrogen and oxygen atoms in total. The molecule has 5 aliphatic rings. The molecule has 3 heteroatoms. The van der Waals surface area contributed by atoms with Gasteiger partial charge in [0.15, 0.2) is 5.78 Å². The second-order valence-electron chi connectivity index (χ2n) is 14.1. The van der Waals surface area contributed by atoms with Crippen LogP contribution in [0, 0.1) is 51.2 Å². The maximum Gasteiger partial charge on any atom is 0.160 e. The Labute approximate surface area is 207 Å². The maximum atomic E-state index is 13.2. The minimum Gasteiger partial charge on any atom is -0.393 e. The van der Waals surface area contributed by atoms with E-state index >= 15 is 0 Å². The molecule has 4 fully saturated rings. The van der Waals surface area contributed by atoms with Crippen LogP contribution in [-0.4, -0.2) is 23.3 Å². The molecular formula is C31H48O3. The number of aldehydes is 1. The minimum atomic E-state index is -0.521. The normalized spacial score (nSPS) is 50.5. The second kappa shape index (κ2) is 8.02. The molecular weight excluding hydrogens is 420 g/mol. The molecule has 190 valence electrons. The molecule has 0 bridgehead atoms. The third-order valence-electron chi connectivity index (χ3n) is 12.7. The molecule has 0 aromatic rings. The highest BCUT2D eigenvalue weighted by molar-refractivity contribution is 6.03. The van der Waals surface area contributed by atoms with Crippen LogP contribution in [0.25, 0.3) is 0 Å². The molecule has 0 unspecified atom stereocenters. The molecule has 0 heterocycles. The summed E-state index contributed by atoms with van der Waals surface area (Å²) >= 11 is 0. The van der Waals surface area contributed by atoms with Crippen molar-refractivity contribution in [2.45, 2.75) is 118 Å². The fraction of sp³-hybridized carbons (Fsp3) is 0.871. The number of carbonyl (C=O) groups excluding carboxylic acids is 2. The van der Waals surface area contributed by atoms with Crippen LogP contribution >= 0.6 is 0 Å². The van der Waals surface area contributed by atoms with E-state index in [0.717, 1.165) is 50.5 Å². The van der Waals surface area contributed by atoms with Crippen molar-refractivity contribution in [3.8, 4) is 0 Å². The molecule has 0 spiro atoms. The molecule has 0 aromatic heterocycles. The van der Waals surface area contributed by atoms with Crippen molar-refractivity contribution in [3.63, 3.8) is 0 Å². The third kappa shape index (κ3) is 2.97. The Morgan fingerprint density at radius 2 is 1.74 bits per heavy atom. The first-order chi connectivity index (χ1) is 16.0. The number of hydrogen-bond donors (Lipinski definition) is 1. The van der Waals surface area contributed by atoms with Crippen LogP contribution in [0.15, 0.2) is 11.1 Å². The van der Waals surface area contributed by atoms with Crippen molar-refractivity contribution < 1.29 is 14.7 Å². The monoisotopic (exact) mass is 468 g/mol. The Hall–Kier alpha value is -0.960. The fourth-order valence-corrected chi connectivity index (χ4v) is 10.9. The van der Waals surface area contributed by atoms with E-state index in [1.54, 1.807) is 0 Å². The van der Waals surface area contributed by atoms with Gasteiger partial charge in [0, 0.05) is 6.42 Å². The van der Waals surface area contributed by atoms with E-state index in [2.05, 4.69) is 41.5 Å². The number of fused-ring (bicyclic) bond motifs is 7. The molecule has 0 aliphatic heterocycles. The molecule has 4 saturated carbocycles. The molecule has 34 heavy (non-hydrogen) atoms. The quantitative estimate of drug-likeness (QED) is 0.456. The fourth-order valence-electron chi connectivity index (χ4n) is 10.9. The molecule has 0 amide bonds. The van der Waals surface area contributed by atoms with Crippen molar-refractivity contribution in [2.75, 3.05) is 0 Å². The van der Waals surface area contributed by atoms with Gasteiger partial charge in [-0.25, -0.2) is 0 Å². The summed E-state index contributed by atoms with van der Waals surface area (Å²) in [5.74, 6) is 2.54. The molecule has 0 aromatic carbocycles. The van der Waals surface area contributed by atoms with Crippen molar-refractivity contribution in [1.82, 2.24) is 0 Å². The smallest absolute Gasteiger partial charge is 0.160 e. The highest BCUT2D eigenvalue weighted by Crippen LogP contribution is 2.75. The summed E-state index contributed by atoms with van der Waals surface area (Å²) in [6, 6.07) is 0. The Kier molecular flexibility index (Phi) is 5.83. The van der Waals surface area contributed by atoms with Crippen LogP contribution in [-0.2, 0) is 9.59 Å². The van der Waals surface area contributed by atoms with Crippen molar-refractivity contribution >= 4 is 12.1 Å². The Morgan fingerprint density at radius 1 is 1.00 bits per heavy atom. The first-order valence-electron chi connectivity index (χ1n) is 14.4. The number of allylic oxidation sites excluding steroid dienone is 2. The lowest BCUT2D eigenvalue weighted by molar-refractivity contribution is -0.213. The lowest BCUT2D eigenvalue weighted by Crippen LogP contribution is -2.64. The summed E-state index contributed by atoms with van der Waals surface area (Å²) in [4.78, 5) is 25.8. The summed E-state index contributed by atoms with van der Waals surface area (Å²) in [5.41, 5.74) is 2.40. The number of aliphatic hydroxyl groups is 1. The van der Waals surface area contributed by atoms with Crippen molar-refractivity contribution in [1.29, 1.82) is 0 Å². The second-order valence-corrected chi connectivity index (χ2v) is 14.1. The van der Waals surface area contributed by atoms with Crippen LogP contribution in [0.2, 0.25) is 0 Å². The van der Waals surface area contributed by atoms with E-state index in [4.69, 9.17) is 0 Å². The summed E-state index contributed by atoms with van der Waals surface area (Å²) in [6.07, 6.45) is 12.6. The van der Waals surface area contributed by atoms with Crippen LogP contribution in [0.3, 0.4) is 0 Å². The van der Waals surface area contributed by atoms with Gasteiger partial charge < -0.3 is 9.90 Å². The van der Waals surface area contributed by atoms with Gasteiger partial charge in [-0.3, -0.25) is 4.79 Å². The third-order valence-corrected chi connectivity index (χ3v) is 12.7. The lowest BCUT2D eigenvalue weighted by Gasteiger charge is -2.71. The highest BCUT2D eigenvalue weighted by Gasteiger charge is 2.69. The zero-order chi connectivity index (χ0) is 24.7. The van der Waals surface area contributed by atoms with Gasteiger partial charge in [0.1, 0.15) is 6.29 Å². The molecule has 0 radical (unpaired) electrons. The van der Waals surface area contributed by atoms with Gasteiger partial charge in [0.25, 0.3) is 0 Å². The molecule has 9 atom stereocenters. The average Bonchev–Trinajstić information content (AvgIpc) is 3.09. The largest absolute Gasteiger partial charge is 0.393 e. The van der Waals surface area contributed by atoms with Gasteiger partial charge >= 0.3 is 0 Å². The van der Waals surface area contributed by atoms with E-state index < -0.39 is 5.41 Å². The first kappa shape index (κ1) is 24.7. The summed E-state index contributed by atoms with van der Waals surface area (Å²) in [6.45, 7) is 14.3. The minimum absolute atomic E-state index is 0.125. The van der Waals surface area contributed by atoms with E-state index in [9.17, 15) is 14.7 Å². The van der Waals surface area contributed by atoms with Gasteiger partial charge in [-0.1, -0.05) is 48.0 Å². The van der Waals surface area contributed by atoms with E-state index in [-0.39, 0.29) is 28.6 Å². The highest BCUT2D eigenvalue weighted by atomic mass is 16.3. The Bertz CT molecular complexity index is 902. The number of carbonyl (C=O) groups is 2. The summed E-state index contributed by atoms with van der Waals surface area (Å²) in [7, 11) is 0. The van der Waals surface area contributed by atoms with Gasteiger partial charge in [0.2, 0.25) is 0 Å². The average molecular weight is 469 g/mol. The lowest BCUT2D eigenvalue weighted by atomic mass is 9.34. The number of aliphatic hydroxyl groups excluding tert-OH is 1. The summed E-state index contributed by atoms with van der Waals surface area (Å²) in [5, 5.41) is 10.9. The molecule has 5 aliphatic carbocycles. The first-order valence-corrected chi connectivity index (χ1v) is 14.4. The van der Waals surface area contributed by atoms with Crippen molar-refractivity contribution in [2.24, 2.45) is 51.2 Å². The number of rotatable bonds is 4. The van der Waals surface area contributed by atoms with Crippen molar-refractivity contribution in [3.05, 3.63) is 11.1 Å². The van der Waals surface area contributed by atoms with Crippen LogP contribution in [0.5, 0.6) is 0 Å². The van der Waals surface area contributed by atoms with Gasteiger partial charge in [-0.05, 0) is 115 Å². The number of hydrogen-bond acceptors (Lipinski definition) is 3. The number of ketones is 1. The van der Waals surface area contributed by atoms with E-state index in [1.807, 2.05) is 0 Å². The van der Waals surface area contributed by atoms with Gasteiger partial charge in [0.05, 0.1) is 11.5 Å². The van der Waals surface area contributed by atoms with Gasteiger partial charge in [-0.2, -0.15) is 0 Å². The van der Waals surface area contributed by atoms with Crippen LogP contribution in [0.1, 0.15) is 112 Å². The zero-order valence-corrected chi connectivity index (χ0v) is 22.6. The number of Topliss-reactive ketones (excluding diaryl/α,β-unsaturated/α-hetero) is 1.